The Balaban J connectivity index is 1.30. The lowest BCUT2D eigenvalue weighted by Crippen LogP contribution is -2.31. The van der Waals surface area contributed by atoms with E-state index in [9.17, 15) is 0 Å². The van der Waals surface area contributed by atoms with E-state index in [0.717, 1.165) is 53.5 Å². The van der Waals surface area contributed by atoms with Crippen LogP contribution in [0.25, 0.3) is 32.3 Å². The van der Waals surface area contributed by atoms with Gasteiger partial charge < -0.3 is 13.7 Å². The van der Waals surface area contributed by atoms with Gasteiger partial charge in [-0.15, -0.1) is 0 Å². The van der Waals surface area contributed by atoms with Crippen LogP contribution in [0.1, 0.15) is 0 Å². The second-order valence-corrected chi connectivity index (χ2v) is 23.1. The predicted molar refractivity (Wildman–Crippen MR) is 257 cm³/mol. The second kappa shape index (κ2) is 15.4. The quantitative estimate of drug-likeness (QED) is 0.136. The summed E-state index contributed by atoms with van der Waals surface area (Å²) in [6, 6.07) is 76.6. The smallest absolute Gasteiger partial charge is 0.172 e. The first kappa shape index (κ1) is 37.9. The molecule has 0 N–H and O–H groups in total. The highest BCUT2D eigenvalue weighted by molar-refractivity contribution is 7.87. The van der Waals surface area contributed by atoms with Gasteiger partial charge in [-0.3, -0.25) is 0 Å². The molecule has 0 aliphatic heterocycles. The predicted octanol–water partition coefficient (Wildman–Crippen LogP) is 10.1. The molecule has 10 aromatic rings. The minimum atomic E-state index is -3.82. The molecule has 0 aromatic heterocycles. The minimum absolute atomic E-state index is 0.651. The Kier molecular flexibility index (Phi) is 9.71. The van der Waals surface area contributed by atoms with E-state index >= 15 is 13.7 Å². The van der Waals surface area contributed by atoms with Crippen LogP contribution in [0, 0.1) is 0 Å². The highest BCUT2D eigenvalue weighted by Crippen LogP contribution is 2.51. The summed E-state index contributed by atoms with van der Waals surface area (Å²) in [6.07, 6.45) is 0. The van der Waals surface area contributed by atoms with Crippen molar-refractivity contribution in [1.29, 1.82) is 0 Å². The molecule has 10 rings (SSSR count). The lowest BCUT2D eigenvalue weighted by Gasteiger charge is -2.28. The Morgan fingerprint density at radius 3 is 0.800 bits per heavy atom. The first-order valence-corrected chi connectivity index (χ1v) is 25.1. The van der Waals surface area contributed by atoms with Crippen LogP contribution in [0.5, 0.6) is 0 Å². The van der Waals surface area contributed by atoms with Gasteiger partial charge in [0.15, 0.2) is 21.4 Å². The summed E-state index contributed by atoms with van der Waals surface area (Å²) in [5.41, 5.74) is 0. The van der Waals surface area contributed by atoms with Crippen molar-refractivity contribution in [3.8, 4) is 0 Å². The third-order valence-electron chi connectivity index (χ3n) is 11.7. The van der Waals surface area contributed by atoms with Crippen LogP contribution in [-0.2, 0) is 13.7 Å². The summed E-state index contributed by atoms with van der Waals surface area (Å²) in [7, 11) is -10.7. The molecule has 0 radical (unpaired) electrons. The van der Waals surface area contributed by atoms with Crippen LogP contribution in [0.4, 0.5) is 0 Å². The third-order valence-corrected chi connectivity index (χ3v) is 21.1. The summed E-state index contributed by atoms with van der Waals surface area (Å²) < 4.78 is 49.2. The number of hydrogen-bond donors (Lipinski definition) is 0. The average Bonchev–Trinajstić information content (AvgIpc) is 3.33. The molecule has 0 amide bonds. The van der Waals surface area contributed by atoms with Crippen molar-refractivity contribution in [3.05, 3.63) is 237 Å². The summed E-state index contributed by atoms with van der Waals surface area (Å²) in [5.74, 6) is 0. The van der Waals surface area contributed by atoms with Gasteiger partial charge >= 0.3 is 0 Å². The van der Waals surface area contributed by atoms with Crippen LogP contribution in [0.3, 0.4) is 0 Å². The van der Waals surface area contributed by atoms with E-state index in [4.69, 9.17) is 0 Å². The third kappa shape index (κ3) is 6.00. The SMILES string of the molecule is O=P(c1ccccc1)(c1ccccc1)c1ccc(P(=O)(c2cccc3ccccc23)c2ccc(P(=O)(c3ccccc3)c3ccccc3)c3ccccc23)c2ccccc12. The summed E-state index contributed by atoms with van der Waals surface area (Å²) in [5, 5.41) is 11.3. The van der Waals surface area contributed by atoms with Gasteiger partial charge in [0.2, 0.25) is 0 Å². The van der Waals surface area contributed by atoms with Crippen LogP contribution in [0.2, 0.25) is 0 Å². The molecule has 0 saturated heterocycles. The van der Waals surface area contributed by atoms with Gasteiger partial charge in [0.05, 0.1) is 0 Å². The number of rotatable bonds is 9. The lowest BCUT2D eigenvalue weighted by atomic mass is 10.1. The van der Waals surface area contributed by atoms with Crippen LogP contribution >= 0.6 is 21.4 Å². The Morgan fingerprint density at radius 2 is 0.450 bits per heavy atom. The zero-order valence-corrected chi connectivity index (χ0v) is 35.3. The minimum Gasteiger partial charge on any atom is -0.309 e. The molecule has 288 valence electrons. The number of hydrogen-bond acceptors (Lipinski definition) is 3. The van der Waals surface area contributed by atoms with Crippen LogP contribution < -0.4 is 47.7 Å². The zero-order chi connectivity index (χ0) is 40.7. The maximum atomic E-state index is 17.3. The average molecular weight is 829 g/mol. The lowest BCUT2D eigenvalue weighted by molar-refractivity contribution is 0.591. The zero-order valence-electron chi connectivity index (χ0n) is 32.6. The van der Waals surface area contributed by atoms with E-state index < -0.39 is 21.4 Å². The van der Waals surface area contributed by atoms with E-state index in [0.29, 0.717) is 26.5 Å². The van der Waals surface area contributed by atoms with E-state index in [1.54, 1.807) is 0 Å². The highest BCUT2D eigenvalue weighted by atomic mass is 31.2. The molecule has 0 aliphatic carbocycles. The molecule has 0 aliphatic rings. The van der Waals surface area contributed by atoms with Crippen molar-refractivity contribution in [2.45, 2.75) is 0 Å². The fourth-order valence-electron chi connectivity index (χ4n) is 8.91. The molecule has 0 heterocycles. The van der Waals surface area contributed by atoms with Crippen molar-refractivity contribution >= 4 is 101 Å². The first-order chi connectivity index (χ1) is 29.4. The number of fused-ring (bicyclic) bond motifs is 3. The summed E-state index contributed by atoms with van der Waals surface area (Å²) >= 11 is 0. The van der Waals surface area contributed by atoms with Crippen molar-refractivity contribution < 1.29 is 13.7 Å². The van der Waals surface area contributed by atoms with Gasteiger partial charge in [0.25, 0.3) is 0 Å². The van der Waals surface area contributed by atoms with Crippen molar-refractivity contribution in [2.24, 2.45) is 0 Å². The van der Waals surface area contributed by atoms with Crippen LogP contribution in [0.15, 0.2) is 237 Å². The Morgan fingerprint density at radius 1 is 0.200 bits per heavy atom. The van der Waals surface area contributed by atoms with Crippen LogP contribution in [-0.4, -0.2) is 0 Å². The standard InChI is InChI=1S/C54H39O3P3/c55-58(41-22-5-1-6-23-41,42-24-7-2-8-25-42)51-36-38-53(48-33-17-15-31-46(48)51)60(57,50-35-19-21-40-20-13-14-30-45(40)50)54-39-37-52(47-32-16-18-34-49(47)54)59(56,43-26-9-3-10-27-43)44-28-11-4-12-29-44/h1-39H. The van der Waals surface area contributed by atoms with Gasteiger partial charge in [-0.2, -0.15) is 0 Å². The van der Waals surface area contributed by atoms with Crippen molar-refractivity contribution in [1.82, 2.24) is 0 Å². The Labute approximate surface area is 350 Å². The summed E-state index contributed by atoms with van der Waals surface area (Å²) in [6.45, 7) is 0. The Hall–Kier alpha value is -6.33. The molecular weight excluding hydrogens is 790 g/mol. The van der Waals surface area contributed by atoms with Gasteiger partial charge in [0, 0.05) is 47.7 Å². The molecule has 0 unspecified atom stereocenters. The fraction of sp³-hybridized carbons (Fsp3) is 0. The molecule has 60 heavy (non-hydrogen) atoms. The second-order valence-electron chi connectivity index (χ2n) is 15.0. The molecule has 0 atom stereocenters. The Bertz CT molecular complexity index is 3070. The molecular formula is C54H39O3P3. The van der Waals surface area contributed by atoms with Gasteiger partial charge in [-0.1, -0.05) is 212 Å². The molecule has 0 spiro atoms. The molecule has 6 heteroatoms. The molecule has 0 saturated carbocycles. The first-order valence-electron chi connectivity index (χ1n) is 20.0. The van der Waals surface area contributed by atoms with Crippen molar-refractivity contribution in [3.63, 3.8) is 0 Å². The molecule has 0 bridgehead atoms. The largest absolute Gasteiger partial charge is 0.309 e. The maximum Gasteiger partial charge on any atom is 0.172 e. The van der Waals surface area contributed by atoms with Crippen molar-refractivity contribution in [2.75, 3.05) is 0 Å². The molecule has 3 nitrogen and oxygen atoms in total. The fourth-order valence-corrected chi connectivity index (χ4v) is 17.9. The van der Waals surface area contributed by atoms with E-state index in [2.05, 4.69) is 12.1 Å². The molecule has 0 fully saturated rings. The normalized spacial score (nSPS) is 12.2. The number of benzene rings is 10. The van der Waals surface area contributed by atoms with Gasteiger partial charge in [-0.05, 0) is 56.6 Å². The highest BCUT2D eigenvalue weighted by Gasteiger charge is 2.39. The topological polar surface area (TPSA) is 51.2 Å². The van der Waals surface area contributed by atoms with E-state index in [-0.39, 0.29) is 0 Å². The van der Waals surface area contributed by atoms with E-state index in [1.807, 2.05) is 224 Å². The maximum absolute atomic E-state index is 17.3. The van der Waals surface area contributed by atoms with Gasteiger partial charge in [-0.25, -0.2) is 0 Å². The van der Waals surface area contributed by atoms with Gasteiger partial charge in [0.1, 0.15) is 0 Å². The van der Waals surface area contributed by atoms with E-state index in [1.165, 1.54) is 0 Å². The monoisotopic (exact) mass is 828 g/mol. The summed E-state index contributed by atoms with van der Waals surface area (Å²) in [4.78, 5) is 0. The molecule has 10 aromatic carbocycles.